The molecule has 0 heterocycles. The maximum absolute atomic E-state index is 11.4. The molecular formula is C29H50O5. The molecule has 0 amide bonds. The predicted molar refractivity (Wildman–Crippen MR) is 139 cm³/mol. The molecule has 34 heavy (non-hydrogen) atoms. The van der Waals surface area contributed by atoms with Crippen LogP contribution in [0.4, 0.5) is 0 Å². The summed E-state index contributed by atoms with van der Waals surface area (Å²) in [7, 11) is 1.65. The summed E-state index contributed by atoms with van der Waals surface area (Å²) in [5, 5.41) is 0. The van der Waals surface area contributed by atoms with Crippen LogP contribution in [0.5, 0.6) is 5.75 Å². The summed E-state index contributed by atoms with van der Waals surface area (Å²) >= 11 is 0. The zero-order valence-corrected chi connectivity index (χ0v) is 22.2. The summed E-state index contributed by atoms with van der Waals surface area (Å²) in [5.74, 6) is 0.511. The highest BCUT2D eigenvalue weighted by molar-refractivity contribution is 5.66. The third-order valence-electron chi connectivity index (χ3n) is 6.01. The van der Waals surface area contributed by atoms with Crippen LogP contribution >= 0.6 is 0 Å². The monoisotopic (exact) mass is 478 g/mol. The van der Waals surface area contributed by atoms with Gasteiger partial charge in [-0.2, -0.15) is 0 Å². The lowest BCUT2D eigenvalue weighted by Gasteiger charge is -2.17. The molecule has 196 valence electrons. The smallest absolute Gasteiger partial charge is 0.303 e. The van der Waals surface area contributed by atoms with Crippen LogP contribution in [0.2, 0.25) is 0 Å². The Balaban J connectivity index is 1.97. The maximum Gasteiger partial charge on any atom is 0.303 e. The standard InChI is InChI=1S/C29H50O5/c1-4-5-6-7-8-9-10-11-12-13-14-15-16-17-22-32-24-29(34-26(2)30)25-33-23-27-18-20-28(31-3)21-19-27/h18-21,29H,4-17,22-25H2,1-3H3/t29-/m1/s1. The lowest BCUT2D eigenvalue weighted by Crippen LogP contribution is -2.27. The number of carbonyl (C=O) groups is 1. The molecule has 0 spiro atoms. The van der Waals surface area contributed by atoms with Crippen molar-refractivity contribution in [3.05, 3.63) is 29.8 Å². The van der Waals surface area contributed by atoms with Gasteiger partial charge in [0.05, 0.1) is 26.9 Å². The number of carbonyl (C=O) groups excluding carboxylic acids is 1. The van der Waals surface area contributed by atoms with Gasteiger partial charge in [0, 0.05) is 13.5 Å². The van der Waals surface area contributed by atoms with Crippen molar-refractivity contribution in [1.29, 1.82) is 0 Å². The summed E-state index contributed by atoms with van der Waals surface area (Å²) in [4.78, 5) is 11.4. The van der Waals surface area contributed by atoms with E-state index in [0.717, 1.165) is 17.7 Å². The fourth-order valence-corrected chi connectivity index (χ4v) is 3.99. The molecule has 1 aromatic carbocycles. The second kappa shape index (κ2) is 21.9. The van der Waals surface area contributed by atoms with Crippen LogP contribution in [0.3, 0.4) is 0 Å². The molecule has 0 aromatic heterocycles. The van der Waals surface area contributed by atoms with Crippen molar-refractivity contribution in [3.8, 4) is 5.75 Å². The molecular weight excluding hydrogens is 428 g/mol. The molecule has 1 rings (SSSR count). The minimum atomic E-state index is -0.373. The number of rotatable bonds is 23. The third kappa shape index (κ3) is 17.8. The highest BCUT2D eigenvalue weighted by Crippen LogP contribution is 2.14. The fraction of sp³-hybridized carbons (Fsp3) is 0.759. The first-order valence-corrected chi connectivity index (χ1v) is 13.6. The molecule has 0 aliphatic heterocycles. The second-order valence-electron chi connectivity index (χ2n) is 9.27. The van der Waals surface area contributed by atoms with Gasteiger partial charge in [0.2, 0.25) is 0 Å². The molecule has 0 aliphatic carbocycles. The molecule has 0 N–H and O–H groups in total. The van der Waals surface area contributed by atoms with E-state index in [2.05, 4.69) is 6.92 Å². The minimum Gasteiger partial charge on any atom is -0.497 e. The molecule has 0 fully saturated rings. The van der Waals surface area contributed by atoms with E-state index in [1.165, 1.54) is 90.4 Å². The van der Waals surface area contributed by atoms with Crippen LogP contribution in [0, 0.1) is 0 Å². The van der Waals surface area contributed by atoms with E-state index in [1.807, 2.05) is 24.3 Å². The lowest BCUT2D eigenvalue weighted by atomic mass is 10.0. The van der Waals surface area contributed by atoms with Gasteiger partial charge in [-0.3, -0.25) is 4.79 Å². The van der Waals surface area contributed by atoms with E-state index >= 15 is 0 Å². The number of hydrogen-bond donors (Lipinski definition) is 0. The number of ether oxygens (including phenoxy) is 4. The summed E-state index contributed by atoms with van der Waals surface area (Å²) < 4.78 is 22.0. The molecule has 0 saturated heterocycles. The lowest BCUT2D eigenvalue weighted by molar-refractivity contribution is -0.153. The van der Waals surface area contributed by atoms with Crippen molar-refractivity contribution < 1.29 is 23.7 Å². The largest absolute Gasteiger partial charge is 0.497 e. The summed E-state index contributed by atoms with van der Waals surface area (Å²) in [6.45, 7) is 5.56. The Morgan fingerprint density at radius 2 is 1.24 bits per heavy atom. The summed E-state index contributed by atoms with van der Waals surface area (Å²) in [6.07, 6.45) is 18.4. The minimum absolute atomic E-state index is 0.307. The van der Waals surface area contributed by atoms with E-state index in [-0.39, 0.29) is 12.1 Å². The zero-order valence-electron chi connectivity index (χ0n) is 22.2. The van der Waals surface area contributed by atoms with Gasteiger partial charge < -0.3 is 18.9 Å². The van der Waals surface area contributed by atoms with Gasteiger partial charge in [0.1, 0.15) is 11.9 Å². The Morgan fingerprint density at radius 1 is 0.735 bits per heavy atom. The Morgan fingerprint density at radius 3 is 1.74 bits per heavy atom. The van der Waals surface area contributed by atoms with Crippen molar-refractivity contribution in [1.82, 2.24) is 0 Å². The Labute approximate surface area is 208 Å². The van der Waals surface area contributed by atoms with Gasteiger partial charge in [-0.05, 0) is 24.1 Å². The van der Waals surface area contributed by atoms with E-state index in [9.17, 15) is 4.79 Å². The molecule has 0 unspecified atom stereocenters. The number of methoxy groups -OCH3 is 1. The maximum atomic E-state index is 11.4. The molecule has 0 radical (unpaired) electrons. The van der Waals surface area contributed by atoms with Gasteiger partial charge >= 0.3 is 5.97 Å². The van der Waals surface area contributed by atoms with Crippen molar-refractivity contribution in [3.63, 3.8) is 0 Å². The number of unbranched alkanes of at least 4 members (excludes halogenated alkanes) is 13. The summed E-state index contributed by atoms with van der Waals surface area (Å²) in [5.41, 5.74) is 1.05. The molecule has 0 bridgehead atoms. The topological polar surface area (TPSA) is 54.0 Å². The third-order valence-corrected chi connectivity index (χ3v) is 6.01. The van der Waals surface area contributed by atoms with Crippen LogP contribution < -0.4 is 4.74 Å². The van der Waals surface area contributed by atoms with E-state index in [4.69, 9.17) is 18.9 Å². The highest BCUT2D eigenvalue weighted by atomic mass is 16.6. The zero-order chi connectivity index (χ0) is 24.7. The van der Waals surface area contributed by atoms with Crippen molar-refractivity contribution in [2.75, 3.05) is 26.9 Å². The van der Waals surface area contributed by atoms with Crippen molar-refractivity contribution in [2.24, 2.45) is 0 Å². The summed E-state index contributed by atoms with van der Waals surface area (Å²) in [6, 6.07) is 7.74. The predicted octanol–water partition coefficient (Wildman–Crippen LogP) is 7.64. The van der Waals surface area contributed by atoms with E-state index in [0.29, 0.717) is 26.4 Å². The SMILES string of the molecule is CCCCCCCCCCCCCCCCOC[C@H](COCc1ccc(OC)cc1)OC(C)=O. The molecule has 1 atom stereocenters. The van der Waals surface area contributed by atoms with Crippen molar-refractivity contribution in [2.45, 2.75) is 116 Å². The molecule has 5 nitrogen and oxygen atoms in total. The Kier molecular flexibility index (Phi) is 19.6. The Bertz CT molecular complexity index is 587. The van der Waals surface area contributed by atoms with Crippen LogP contribution in [-0.4, -0.2) is 39.0 Å². The van der Waals surface area contributed by atoms with Gasteiger partial charge in [0.25, 0.3) is 0 Å². The number of esters is 1. The molecule has 1 aromatic rings. The van der Waals surface area contributed by atoms with Gasteiger partial charge in [0.15, 0.2) is 0 Å². The molecule has 0 saturated carbocycles. The van der Waals surface area contributed by atoms with Crippen molar-refractivity contribution >= 4 is 5.97 Å². The van der Waals surface area contributed by atoms with Crippen LogP contribution in [0.1, 0.15) is 109 Å². The van der Waals surface area contributed by atoms with Gasteiger partial charge in [-0.1, -0.05) is 103 Å². The highest BCUT2D eigenvalue weighted by Gasteiger charge is 2.13. The van der Waals surface area contributed by atoms with Gasteiger partial charge in [-0.15, -0.1) is 0 Å². The first-order chi connectivity index (χ1) is 16.7. The van der Waals surface area contributed by atoms with E-state index < -0.39 is 0 Å². The molecule has 0 aliphatic rings. The first-order valence-electron chi connectivity index (χ1n) is 13.6. The average molecular weight is 479 g/mol. The molecule has 5 heteroatoms. The number of hydrogen-bond acceptors (Lipinski definition) is 5. The second-order valence-corrected chi connectivity index (χ2v) is 9.27. The van der Waals surface area contributed by atoms with Crippen LogP contribution in [0.15, 0.2) is 24.3 Å². The number of benzene rings is 1. The average Bonchev–Trinajstić information content (AvgIpc) is 2.83. The van der Waals surface area contributed by atoms with Crippen LogP contribution in [-0.2, 0) is 25.6 Å². The quantitative estimate of drug-likeness (QED) is 0.119. The normalized spacial score (nSPS) is 12.0. The van der Waals surface area contributed by atoms with E-state index in [1.54, 1.807) is 7.11 Å². The van der Waals surface area contributed by atoms with Crippen LogP contribution in [0.25, 0.3) is 0 Å². The fourth-order valence-electron chi connectivity index (χ4n) is 3.99. The Hall–Kier alpha value is -1.59. The first kappa shape index (κ1) is 30.4. The van der Waals surface area contributed by atoms with Gasteiger partial charge in [-0.25, -0.2) is 0 Å².